The van der Waals surface area contributed by atoms with Gasteiger partial charge in [-0.1, -0.05) is 70.9 Å². The summed E-state index contributed by atoms with van der Waals surface area (Å²) in [6.07, 6.45) is -0.526. The molecule has 2 heterocycles. The molecule has 14 heteroatoms. The number of rotatable bonds is 15. The van der Waals surface area contributed by atoms with Crippen LogP contribution < -0.4 is 21.3 Å². The Labute approximate surface area is 317 Å². The lowest BCUT2D eigenvalue weighted by Gasteiger charge is -2.40. The zero-order chi connectivity index (χ0) is 39.9. The van der Waals surface area contributed by atoms with Gasteiger partial charge in [0, 0.05) is 42.5 Å². The number of nitrogens with one attached hydrogen (secondary N) is 5. The number of benzene rings is 2. The van der Waals surface area contributed by atoms with E-state index < -0.39 is 58.8 Å². The average molecular weight is 765 g/mol. The third kappa shape index (κ3) is 9.70. The second-order valence-corrected chi connectivity index (χ2v) is 14.6. The van der Waals surface area contributed by atoms with E-state index in [1.54, 1.807) is 43.6 Å². The highest BCUT2D eigenvalue weighted by atomic mass is 19.4. The van der Waals surface area contributed by atoms with Crippen molar-refractivity contribution in [3.8, 4) is 0 Å². The Bertz CT molecular complexity index is 2000. The van der Waals surface area contributed by atoms with Crippen LogP contribution in [0.4, 0.5) is 17.6 Å². The molecule has 5 rings (SSSR count). The minimum Gasteiger partial charge on any atom is -0.358 e. The fraction of sp³-hybridized carbons (Fsp3) is 0.439. The fourth-order valence-corrected chi connectivity index (χ4v) is 7.08. The lowest BCUT2D eigenvalue weighted by Crippen LogP contribution is -2.66. The lowest BCUT2D eigenvalue weighted by atomic mass is 9.78. The predicted octanol–water partition coefficient (Wildman–Crippen LogP) is 5.73. The number of para-hydroxylation sites is 1. The van der Waals surface area contributed by atoms with Gasteiger partial charge in [-0.2, -0.15) is 13.2 Å². The number of pyridine rings is 1. The first-order chi connectivity index (χ1) is 26.2. The van der Waals surface area contributed by atoms with Gasteiger partial charge in [0.25, 0.3) is 0 Å². The van der Waals surface area contributed by atoms with Crippen LogP contribution in [0.1, 0.15) is 74.9 Å². The van der Waals surface area contributed by atoms with Gasteiger partial charge in [0.2, 0.25) is 23.6 Å². The molecular formula is C41H48F4N6O4. The topological polar surface area (TPSA) is 145 Å². The minimum absolute atomic E-state index is 0.0315. The Morgan fingerprint density at radius 2 is 1.60 bits per heavy atom. The second-order valence-electron chi connectivity index (χ2n) is 14.6. The predicted molar refractivity (Wildman–Crippen MR) is 200 cm³/mol. The van der Waals surface area contributed by atoms with E-state index in [2.05, 4.69) is 31.2 Å². The van der Waals surface area contributed by atoms with Crippen LogP contribution >= 0.6 is 0 Å². The molecule has 294 valence electrons. The maximum absolute atomic E-state index is 14.7. The quantitative estimate of drug-likeness (QED) is 0.0984. The normalized spacial score (nSPS) is 17.7. The van der Waals surface area contributed by atoms with Crippen LogP contribution in [-0.2, 0) is 51.0 Å². The largest absolute Gasteiger partial charge is 0.418 e. The Balaban J connectivity index is 1.46. The van der Waals surface area contributed by atoms with Crippen molar-refractivity contribution in [1.82, 2.24) is 31.2 Å². The first kappa shape index (κ1) is 40.9. The number of nitrogens with zero attached hydrogens (tertiary/aromatic N) is 1. The number of hydrogen-bond donors (Lipinski definition) is 5. The van der Waals surface area contributed by atoms with Crippen molar-refractivity contribution < 1.29 is 36.7 Å². The van der Waals surface area contributed by atoms with E-state index in [4.69, 9.17) is 0 Å². The van der Waals surface area contributed by atoms with E-state index in [-0.39, 0.29) is 66.9 Å². The second kappa shape index (κ2) is 17.5. The van der Waals surface area contributed by atoms with Crippen molar-refractivity contribution >= 4 is 34.5 Å². The number of carbonyl (C=O) groups is 4. The van der Waals surface area contributed by atoms with Gasteiger partial charge in [0.1, 0.15) is 17.4 Å². The van der Waals surface area contributed by atoms with Gasteiger partial charge < -0.3 is 26.3 Å². The SMILES string of the molecule is CCC(C)[C@H](NC(=O)Cc1ccccc1F)C(=O)N[C@]1(C(=O)N[C@H](CNC(=O)Cc2ccncc2)C(C)CC)CCc2[nH]c3c(C(F)(F)F)cccc3c2C1. The van der Waals surface area contributed by atoms with Gasteiger partial charge in [-0.3, -0.25) is 24.2 Å². The number of halogens is 4. The molecule has 5 N–H and O–H groups in total. The molecule has 0 bridgehead atoms. The van der Waals surface area contributed by atoms with E-state index in [0.29, 0.717) is 24.1 Å². The monoisotopic (exact) mass is 764 g/mol. The third-order valence-electron chi connectivity index (χ3n) is 10.8. The molecule has 5 atom stereocenters. The van der Waals surface area contributed by atoms with Crippen LogP contribution in [0.15, 0.2) is 67.0 Å². The molecule has 2 unspecified atom stereocenters. The first-order valence-electron chi connectivity index (χ1n) is 18.7. The summed E-state index contributed by atoms with van der Waals surface area (Å²) in [6, 6.07) is 11.5. The van der Waals surface area contributed by atoms with Crippen LogP contribution in [0.2, 0.25) is 0 Å². The van der Waals surface area contributed by atoms with Gasteiger partial charge >= 0.3 is 6.18 Å². The highest BCUT2D eigenvalue weighted by molar-refractivity contribution is 5.97. The Hall–Kier alpha value is -5.27. The van der Waals surface area contributed by atoms with Crippen molar-refractivity contribution in [3.05, 3.63) is 101 Å². The van der Waals surface area contributed by atoms with E-state index in [9.17, 15) is 36.7 Å². The van der Waals surface area contributed by atoms with Gasteiger partial charge in [0.05, 0.1) is 23.9 Å². The summed E-state index contributed by atoms with van der Waals surface area (Å²) >= 11 is 0. The van der Waals surface area contributed by atoms with Crippen LogP contribution in [0.25, 0.3) is 10.9 Å². The lowest BCUT2D eigenvalue weighted by molar-refractivity contribution is -0.137. The molecule has 1 aliphatic rings. The molecule has 0 spiro atoms. The zero-order valence-electron chi connectivity index (χ0n) is 31.4. The van der Waals surface area contributed by atoms with Crippen LogP contribution in [-0.4, -0.2) is 57.8 Å². The molecule has 4 aromatic rings. The van der Waals surface area contributed by atoms with E-state index in [1.807, 2.05) is 20.8 Å². The zero-order valence-corrected chi connectivity index (χ0v) is 31.4. The summed E-state index contributed by atoms with van der Waals surface area (Å²) in [7, 11) is 0. The summed E-state index contributed by atoms with van der Waals surface area (Å²) in [5, 5.41) is 12.0. The summed E-state index contributed by atoms with van der Waals surface area (Å²) in [5.41, 5.74) is -0.675. The molecule has 4 amide bonds. The molecule has 0 radical (unpaired) electrons. The molecule has 2 aromatic carbocycles. The summed E-state index contributed by atoms with van der Waals surface area (Å²) in [4.78, 5) is 62.1. The van der Waals surface area contributed by atoms with Gasteiger partial charge in [-0.25, -0.2) is 4.39 Å². The maximum atomic E-state index is 14.7. The van der Waals surface area contributed by atoms with Gasteiger partial charge in [-0.15, -0.1) is 0 Å². The highest BCUT2D eigenvalue weighted by Crippen LogP contribution is 2.40. The Morgan fingerprint density at radius 1 is 0.891 bits per heavy atom. The smallest absolute Gasteiger partial charge is 0.358 e. The number of aryl methyl sites for hydroxylation is 1. The van der Waals surface area contributed by atoms with Crippen LogP contribution in [0.3, 0.4) is 0 Å². The van der Waals surface area contributed by atoms with Crippen molar-refractivity contribution in [1.29, 1.82) is 0 Å². The molecule has 10 nitrogen and oxygen atoms in total. The highest BCUT2D eigenvalue weighted by Gasteiger charge is 2.47. The first-order valence-corrected chi connectivity index (χ1v) is 18.7. The molecular weight excluding hydrogens is 716 g/mol. The van der Waals surface area contributed by atoms with E-state index in [1.165, 1.54) is 24.3 Å². The Kier molecular flexibility index (Phi) is 13.0. The number of amides is 4. The number of H-pyrrole nitrogens is 1. The molecule has 0 saturated heterocycles. The standard InChI is InChI=1S/C41H48F4N6O4/c1-5-24(3)33(23-47-34(52)20-26-15-18-46-19-16-26)49-39(55)40(17-14-32-29(22-40)28-11-9-12-30(37(28)48-32)41(43,44)45)51-38(54)36(25(4)6-2)50-35(53)21-27-10-7-8-13-31(27)42/h7-13,15-16,18-19,24-25,33,36,48H,5-6,14,17,20-23H2,1-4H3,(H,47,52)(H,49,55)(H,50,53)(H,51,54)/t24?,25?,33-,36+,40-/m1/s1. The van der Waals surface area contributed by atoms with Crippen molar-refractivity contribution in [3.63, 3.8) is 0 Å². The van der Waals surface area contributed by atoms with Crippen LogP contribution in [0.5, 0.6) is 0 Å². The molecule has 0 saturated carbocycles. The van der Waals surface area contributed by atoms with Crippen molar-refractivity contribution in [2.45, 2.75) is 96.4 Å². The van der Waals surface area contributed by atoms with Crippen molar-refractivity contribution in [2.24, 2.45) is 11.8 Å². The number of alkyl halides is 3. The maximum Gasteiger partial charge on any atom is 0.418 e. The van der Waals surface area contributed by atoms with Gasteiger partial charge in [0.15, 0.2) is 0 Å². The number of hydrogen-bond acceptors (Lipinski definition) is 5. The van der Waals surface area contributed by atoms with E-state index >= 15 is 0 Å². The van der Waals surface area contributed by atoms with Crippen molar-refractivity contribution in [2.75, 3.05) is 6.54 Å². The summed E-state index contributed by atoms with van der Waals surface area (Å²) in [5.74, 6) is -3.17. The molecule has 0 fully saturated rings. The third-order valence-corrected chi connectivity index (χ3v) is 10.8. The summed E-state index contributed by atoms with van der Waals surface area (Å²) < 4.78 is 56.6. The number of fused-ring (bicyclic) bond motifs is 3. The fourth-order valence-electron chi connectivity index (χ4n) is 7.08. The summed E-state index contributed by atoms with van der Waals surface area (Å²) in [6.45, 7) is 7.56. The molecule has 1 aliphatic carbocycles. The molecule has 0 aliphatic heterocycles. The number of aromatic nitrogens is 2. The molecule has 2 aromatic heterocycles. The minimum atomic E-state index is -4.63. The average Bonchev–Trinajstić information content (AvgIpc) is 3.53. The van der Waals surface area contributed by atoms with Crippen LogP contribution in [0, 0.1) is 17.7 Å². The number of aromatic amines is 1. The Morgan fingerprint density at radius 3 is 2.27 bits per heavy atom. The van der Waals surface area contributed by atoms with Gasteiger partial charge in [-0.05, 0) is 65.6 Å². The molecule has 55 heavy (non-hydrogen) atoms. The number of carbonyl (C=O) groups excluding carboxylic acids is 4. The van der Waals surface area contributed by atoms with E-state index in [0.717, 1.165) is 11.6 Å².